The van der Waals surface area contributed by atoms with Crippen molar-refractivity contribution in [3.63, 3.8) is 0 Å². The van der Waals surface area contributed by atoms with Crippen LogP contribution >= 0.6 is 23.5 Å². The van der Waals surface area contributed by atoms with E-state index in [1.165, 1.54) is 11.8 Å². The van der Waals surface area contributed by atoms with E-state index in [9.17, 15) is 9.59 Å². The van der Waals surface area contributed by atoms with Crippen molar-refractivity contribution in [3.8, 4) is 11.4 Å². The Bertz CT molecular complexity index is 971. The van der Waals surface area contributed by atoms with Crippen LogP contribution in [0.3, 0.4) is 0 Å². The predicted octanol–water partition coefficient (Wildman–Crippen LogP) is 2.67. The number of fused-ring (bicyclic) bond motifs is 1. The van der Waals surface area contributed by atoms with Crippen molar-refractivity contribution in [3.05, 3.63) is 40.3 Å². The summed E-state index contributed by atoms with van der Waals surface area (Å²) in [6.07, 6.45) is 2.89. The number of ether oxygens (including phenoxy) is 2. The van der Waals surface area contributed by atoms with Crippen LogP contribution < -0.4 is 15.6 Å². The van der Waals surface area contributed by atoms with E-state index in [0.29, 0.717) is 33.3 Å². The lowest BCUT2D eigenvalue weighted by Gasteiger charge is -2.14. The molecule has 7 nitrogen and oxygen atoms in total. The van der Waals surface area contributed by atoms with E-state index in [-0.39, 0.29) is 23.3 Å². The molecule has 1 aromatic carbocycles. The summed E-state index contributed by atoms with van der Waals surface area (Å²) < 4.78 is 12.4. The minimum atomic E-state index is -0.0886. The zero-order chi connectivity index (χ0) is 21.1. The van der Waals surface area contributed by atoms with Gasteiger partial charge in [-0.1, -0.05) is 18.7 Å². The average Bonchev–Trinajstić information content (AvgIpc) is 3.40. The number of amides is 1. The molecule has 0 saturated carbocycles. The predicted molar refractivity (Wildman–Crippen MR) is 118 cm³/mol. The van der Waals surface area contributed by atoms with E-state index < -0.39 is 0 Å². The largest absolute Gasteiger partial charge is 0.497 e. The van der Waals surface area contributed by atoms with Crippen LogP contribution in [-0.4, -0.2) is 52.8 Å². The quantitative estimate of drug-likeness (QED) is 0.516. The second-order valence-corrected chi connectivity index (χ2v) is 9.76. The van der Waals surface area contributed by atoms with Gasteiger partial charge in [0.15, 0.2) is 5.16 Å². The summed E-state index contributed by atoms with van der Waals surface area (Å²) in [6.45, 7) is 3.38. The molecule has 2 aromatic rings. The zero-order valence-electron chi connectivity index (χ0n) is 17.1. The average molecular weight is 448 g/mol. The van der Waals surface area contributed by atoms with Crippen molar-refractivity contribution in [1.29, 1.82) is 0 Å². The Morgan fingerprint density at radius 3 is 2.90 bits per heavy atom. The molecular weight excluding hydrogens is 422 g/mol. The maximum absolute atomic E-state index is 13.3. The van der Waals surface area contributed by atoms with Crippen molar-refractivity contribution in [2.45, 2.75) is 47.6 Å². The first kappa shape index (κ1) is 21.3. The number of aromatic nitrogens is 2. The highest BCUT2D eigenvalue weighted by Crippen LogP contribution is 2.35. The van der Waals surface area contributed by atoms with Gasteiger partial charge >= 0.3 is 0 Å². The van der Waals surface area contributed by atoms with Gasteiger partial charge in [-0.15, -0.1) is 11.8 Å². The molecule has 4 rings (SSSR count). The highest BCUT2D eigenvalue weighted by atomic mass is 32.2. The Hall–Kier alpha value is -1.97. The van der Waals surface area contributed by atoms with E-state index in [1.807, 2.05) is 24.3 Å². The molecule has 0 radical (unpaired) electrons. The van der Waals surface area contributed by atoms with Gasteiger partial charge in [0.25, 0.3) is 5.56 Å². The van der Waals surface area contributed by atoms with Gasteiger partial charge in [0, 0.05) is 24.8 Å². The number of benzene rings is 1. The number of nitrogens with zero attached hydrogens (tertiary/aromatic N) is 2. The molecule has 0 spiro atoms. The Morgan fingerprint density at radius 2 is 2.20 bits per heavy atom. The third kappa shape index (κ3) is 4.68. The van der Waals surface area contributed by atoms with E-state index in [1.54, 1.807) is 23.4 Å². The van der Waals surface area contributed by atoms with Crippen LogP contribution in [0.2, 0.25) is 0 Å². The number of carbonyl (C=O) groups is 1. The van der Waals surface area contributed by atoms with Crippen molar-refractivity contribution < 1.29 is 14.3 Å². The van der Waals surface area contributed by atoms with E-state index in [2.05, 4.69) is 12.2 Å². The summed E-state index contributed by atoms with van der Waals surface area (Å²) in [7, 11) is 1.60. The number of carbonyl (C=O) groups excluding carboxylic acids is 1. The first-order valence-electron chi connectivity index (χ1n) is 10.0. The molecule has 1 saturated heterocycles. The molecule has 3 heterocycles. The number of methoxy groups -OCH3 is 1. The summed E-state index contributed by atoms with van der Waals surface area (Å²) in [5.41, 5.74) is 1.45. The van der Waals surface area contributed by atoms with Crippen molar-refractivity contribution in [2.75, 3.05) is 26.0 Å². The van der Waals surface area contributed by atoms with Crippen LogP contribution in [-0.2, 0) is 16.0 Å². The van der Waals surface area contributed by atoms with E-state index in [4.69, 9.17) is 14.5 Å². The smallest absolute Gasteiger partial charge is 0.272 e. The van der Waals surface area contributed by atoms with E-state index >= 15 is 0 Å². The lowest BCUT2D eigenvalue weighted by molar-refractivity contribution is -0.119. The van der Waals surface area contributed by atoms with Gasteiger partial charge in [0.05, 0.1) is 35.2 Å². The minimum absolute atomic E-state index is 0.0817. The Balaban J connectivity index is 1.56. The summed E-state index contributed by atoms with van der Waals surface area (Å²) >= 11 is 2.85. The molecule has 1 amide bonds. The molecule has 1 N–H and O–H groups in total. The molecular formula is C21H25N3O4S2. The van der Waals surface area contributed by atoms with Crippen LogP contribution in [0.1, 0.15) is 25.5 Å². The third-order valence-electron chi connectivity index (χ3n) is 5.10. The molecule has 2 aliphatic rings. The molecule has 0 bridgehead atoms. The molecule has 0 unspecified atom stereocenters. The molecule has 2 aliphatic heterocycles. The monoisotopic (exact) mass is 447 g/mol. The molecule has 1 fully saturated rings. The summed E-state index contributed by atoms with van der Waals surface area (Å²) in [5.74, 6) is 0.817. The fraction of sp³-hybridized carbons (Fsp3) is 0.476. The Labute approximate surface area is 183 Å². The van der Waals surface area contributed by atoms with Crippen LogP contribution in [0.5, 0.6) is 5.75 Å². The van der Waals surface area contributed by atoms with Gasteiger partial charge in [-0.05, 0) is 37.1 Å². The minimum Gasteiger partial charge on any atom is -0.497 e. The van der Waals surface area contributed by atoms with Crippen LogP contribution in [0.15, 0.2) is 39.1 Å². The van der Waals surface area contributed by atoms with Gasteiger partial charge in [0.2, 0.25) is 5.91 Å². The fourth-order valence-corrected chi connectivity index (χ4v) is 5.53. The standard InChI is InChI=1S/C21H25N3O4S2/c1-13-10-17-19(30-13)20(26)24(14-5-7-15(27-2)8-6-14)21(23-17)29-12-18(25)22-11-16-4-3-9-28-16/h5-8,13,16H,3-4,9-12H2,1-2H3,(H,22,25)/t13-,16-/m1/s1. The fourth-order valence-electron chi connectivity index (χ4n) is 3.57. The zero-order valence-corrected chi connectivity index (χ0v) is 18.7. The summed E-state index contributed by atoms with van der Waals surface area (Å²) in [5, 5.41) is 3.77. The van der Waals surface area contributed by atoms with Crippen molar-refractivity contribution in [1.82, 2.24) is 14.9 Å². The van der Waals surface area contributed by atoms with E-state index in [0.717, 1.165) is 31.6 Å². The number of nitrogens with one attached hydrogen (secondary N) is 1. The first-order chi connectivity index (χ1) is 14.5. The SMILES string of the molecule is COc1ccc(-n2c(SCC(=O)NC[C@H]3CCCO3)nc3c(c2=O)S[C@H](C)C3)cc1. The van der Waals surface area contributed by atoms with Gasteiger partial charge < -0.3 is 14.8 Å². The first-order valence-corrected chi connectivity index (χ1v) is 11.9. The molecule has 0 aliphatic carbocycles. The molecule has 9 heteroatoms. The van der Waals surface area contributed by atoms with Crippen LogP contribution in [0.4, 0.5) is 0 Å². The summed E-state index contributed by atoms with van der Waals surface area (Å²) in [6, 6.07) is 7.29. The Morgan fingerprint density at radius 1 is 1.40 bits per heavy atom. The maximum atomic E-state index is 13.3. The van der Waals surface area contributed by atoms with Crippen molar-refractivity contribution in [2.24, 2.45) is 0 Å². The molecule has 30 heavy (non-hydrogen) atoms. The number of thioether (sulfide) groups is 2. The second kappa shape index (κ2) is 9.45. The van der Waals surface area contributed by atoms with Crippen LogP contribution in [0.25, 0.3) is 5.69 Å². The highest BCUT2D eigenvalue weighted by molar-refractivity contribution is 8.00. The lowest BCUT2D eigenvalue weighted by Crippen LogP contribution is -2.33. The van der Waals surface area contributed by atoms with Gasteiger partial charge in [-0.3, -0.25) is 14.2 Å². The summed E-state index contributed by atoms with van der Waals surface area (Å²) in [4.78, 5) is 31.1. The van der Waals surface area contributed by atoms with Gasteiger partial charge in [-0.2, -0.15) is 0 Å². The molecule has 160 valence electrons. The second-order valence-electron chi connectivity index (χ2n) is 7.37. The number of hydrogen-bond donors (Lipinski definition) is 1. The van der Waals surface area contributed by atoms with Crippen molar-refractivity contribution >= 4 is 29.4 Å². The molecule has 2 atom stereocenters. The topological polar surface area (TPSA) is 82.4 Å². The normalized spacial score (nSPS) is 20.2. The Kier molecular flexibility index (Phi) is 6.70. The maximum Gasteiger partial charge on any atom is 0.272 e. The van der Waals surface area contributed by atoms with Gasteiger partial charge in [0.1, 0.15) is 5.75 Å². The third-order valence-corrected chi connectivity index (χ3v) is 7.25. The molecule has 1 aromatic heterocycles. The highest BCUT2D eigenvalue weighted by Gasteiger charge is 2.27. The number of hydrogen-bond acceptors (Lipinski definition) is 7. The van der Waals surface area contributed by atoms with Crippen LogP contribution in [0, 0.1) is 0 Å². The number of rotatable bonds is 7. The lowest BCUT2D eigenvalue weighted by atomic mass is 10.2. The van der Waals surface area contributed by atoms with Gasteiger partial charge in [-0.25, -0.2) is 4.98 Å².